The second kappa shape index (κ2) is 9.11. The van der Waals surface area contributed by atoms with Crippen LogP contribution in [-0.2, 0) is 22.6 Å². The second-order valence-corrected chi connectivity index (χ2v) is 7.78. The SMILES string of the molecule is COc1cccc(CN2CC(C(=O)N(C)CCc3c(C)n[nH]c3C)CCC2=O)c1. The van der Waals surface area contributed by atoms with Gasteiger partial charge in [-0.3, -0.25) is 14.7 Å². The number of methoxy groups -OCH3 is 1. The third kappa shape index (κ3) is 4.96. The van der Waals surface area contributed by atoms with Gasteiger partial charge in [-0.2, -0.15) is 5.10 Å². The van der Waals surface area contributed by atoms with E-state index >= 15 is 0 Å². The van der Waals surface area contributed by atoms with Crippen LogP contribution in [0.4, 0.5) is 0 Å². The summed E-state index contributed by atoms with van der Waals surface area (Å²) in [4.78, 5) is 29.0. The molecule has 1 fully saturated rings. The van der Waals surface area contributed by atoms with E-state index in [0.29, 0.717) is 32.5 Å². The minimum absolute atomic E-state index is 0.101. The first kappa shape index (κ1) is 20.9. The van der Waals surface area contributed by atoms with Crippen LogP contribution in [0.2, 0.25) is 0 Å². The molecule has 7 heteroatoms. The van der Waals surface area contributed by atoms with Gasteiger partial charge >= 0.3 is 0 Å². The number of carbonyl (C=O) groups excluding carboxylic acids is 2. The predicted octanol–water partition coefficient (Wildman–Crippen LogP) is 2.47. The fourth-order valence-corrected chi connectivity index (χ4v) is 3.90. The Morgan fingerprint density at radius 2 is 2.17 bits per heavy atom. The van der Waals surface area contributed by atoms with Crippen molar-refractivity contribution in [3.8, 4) is 5.75 Å². The average Bonchev–Trinajstić information content (AvgIpc) is 3.05. The molecule has 1 atom stereocenters. The van der Waals surface area contributed by atoms with E-state index in [2.05, 4.69) is 10.2 Å². The number of benzene rings is 1. The van der Waals surface area contributed by atoms with Crippen molar-refractivity contribution < 1.29 is 14.3 Å². The van der Waals surface area contributed by atoms with Crippen molar-refractivity contribution in [2.45, 2.75) is 39.7 Å². The van der Waals surface area contributed by atoms with Crippen molar-refractivity contribution >= 4 is 11.8 Å². The summed E-state index contributed by atoms with van der Waals surface area (Å²) in [5, 5.41) is 7.21. The molecule has 1 saturated heterocycles. The number of carbonyl (C=O) groups is 2. The van der Waals surface area contributed by atoms with Gasteiger partial charge in [0.1, 0.15) is 5.75 Å². The van der Waals surface area contributed by atoms with Gasteiger partial charge in [0, 0.05) is 38.8 Å². The summed E-state index contributed by atoms with van der Waals surface area (Å²) in [5.74, 6) is 0.815. The minimum atomic E-state index is -0.158. The molecule has 1 aliphatic rings. The molecule has 29 heavy (non-hydrogen) atoms. The maximum atomic E-state index is 13.0. The highest BCUT2D eigenvalue weighted by molar-refractivity contribution is 5.83. The number of hydrogen-bond donors (Lipinski definition) is 1. The van der Waals surface area contributed by atoms with Crippen molar-refractivity contribution in [2.75, 3.05) is 27.2 Å². The molecule has 156 valence electrons. The summed E-state index contributed by atoms with van der Waals surface area (Å²) in [5.41, 5.74) is 4.21. The first-order valence-electron chi connectivity index (χ1n) is 10.0. The molecule has 0 radical (unpaired) electrons. The number of aromatic nitrogens is 2. The number of nitrogens with one attached hydrogen (secondary N) is 1. The van der Waals surface area contributed by atoms with Gasteiger partial charge in [0.15, 0.2) is 0 Å². The predicted molar refractivity (Wildman–Crippen MR) is 111 cm³/mol. The lowest BCUT2D eigenvalue weighted by Gasteiger charge is -2.34. The zero-order valence-electron chi connectivity index (χ0n) is 17.7. The van der Waals surface area contributed by atoms with Crippen molar-refractivity contribution in [3.63, 3.8) is 0 Å². The molecule has 2 amide bonds. The number of piperidine rings is 1. The first-order valence-corrected chi connectivity index (χ1v) is 10.0. The molecule has 2 heterocycles. The molecule has 1 unspecified atom stereocenters. The Kier molecular flexibility index (Phi) is 6.56. The van der Waals surface area contributed by atoms with E-state index in [1.165, 1.54) is 5.56 Å². The van der Waals surface area contributed by atoms with Gasteiger partial charge < -0.3 is 14.5 Å². The van der Waals surface area contributed by atoms with Crippen LogP contribution in [0.3, 0.4) is 0 Å². The number of ether oxygens (including phenoxy) is 1. The van der Waals surface area contributed by atoms with Crippen LogP contribution in [0.25, 0.3) is 0 Å². The largest absolute Gasteiger partial charge is 0.497 e. The van der Waals surface area contributed by atoms with Gasteiger partial charge in [0.2, 0.25) is 11.8 Å². The second-order valence-electron chi connectivity index (χ2n) is 7.78. The Bertz CT molecular complexity index is 857. The Morgan fingerprint density at radius 1 is 1.38 bits per heavy atom. The number of likely N-dealkylation sites (tertiary alicyclic amines) is 1. The molecule has 0 aliphatic carbocycles. The highest BCUT2D eigenvalue weighted by atomic mass is 16.5. The molecule has 0 spiro atoms. The van der Waals surface area contributed by atoms with Crippen molar-refractivity contribution in [1.29, 1.82) is 0 Å². The lowest BCUT2D eigenvalue weighted by Crippen LogP contribution is -2.46. The molecule has 7 nitrogen and oxygen atoms in total. The monoisotopic (exact) mass is 398 g/mol. The maximum Gasteiger partial charge on any atom is 0.227 e. The van der Waals surface area contributed by atoms with E-state index in [9.17, 15) is 9.59 Å². The number of aryl methyl sites for hydroxylation is 2. The van der Waals surface area contributed by atoms with E-state index in [4.69, 9.17) is 4.74 Å². The highest BCUT2D eigenvalue weighted by Gasteiger charge is 2.31. The zero-order chi connectivity index (χ0) is 21.0. The van der Waals surface area contributed by atoms with Crippen LogP contribution in [0.5, 0.6) is 5.75 Å². The average molecular weight is 399 g/mol. The Labute approximate surface area is 172 Å². The number of likely N-dealkylation sites (N-methyl/N-ethyl adjacent to an activating group) is 1. The fraction of sp³-hybridized carbons (Fsp3) is 0.500. The normalized spacial score (nSPS) is 16.8. The topological polar surface area (TPSA) is 78.5 Å². The van der Waals surface area contributed by atoms with Gasteiger partial charge in [-0.25, -0.2) is 0 Å². The van der Waals surface area contributed by atoms with Crippen molar-refractivity contribution in [1.82, 2.24) is 20.0 Å². The van der Waals surface area contributed by atoms with E-state index in [1.807, 2.05) is 45.2 Å². The molecular weight excluding hydrogens is 368 g/mol. The highest BCUT2D eigenvalue weighted by Crippen LogP contribution is 2.23. The van der Waals surface area contributed by atoms with Crippen molar-refractivity contribution in [3.05, 3.63) is 46.8 Å². The number of rotatable bonds is 7. The smallest absolute Gasteiger partial charge is 0.227 e. The van der Waals surface area contributed by atoms with E-state index in [-0.39, 0.29) is 17.7 Å². The number of hydrogen-bond acceptors (Lipinski definition) is 4. The molecule has 0 saturated carbocycles. The number of aromatic amines is 1. The van der Waals surface area contributed by atoms with Crippen molar-refractivity contribution in [2.24, 2.45) is 5.92 Å². The summed E-state index contributed by atoms with van der Waals surface area (Å²) in [7, 11) is 3.47. The summed E-state index contributed by atoms with van der Waals surface area (Å²) >= 11 is 0. The quantitative estimate of drug-likeness (QED) is 0.777. The Morgan fingerprint density at radius 3 is 2.86 bits per heavy atom. The van der Waals surface area contributed by atoms with Gasteiger partial charge in [-0.05, 0) is 49.9 Å². The minimum Gasteiger partial charge on any atom is -0.497 e. The summed E-state index contributed by atoms with van der Waals surface area (Å²) < 4.78 is 5.27. The molecule has 2 aromatic rings. The molecular formula is C22H30N4O3. The molecule has 1 aromatic carbocycles. The molecule has 1 aromatic heterocycles. The molecule has 0 bridgehead atoms. The zero-order valence-corrected chi connectivity index (χ0v) is 17.7. The van der Waals surface area contributed by atoms with Crippen LogP contribution in [-0.4, -0.2) is 59.1 Å². The van der Waals surface area contributed by atoms with Crippen LogP contribution in [0.1, 0.15) is 35.4 Å². The summed E-state index contributed by atoms with van der Waals surface area (Å²) in [6.45, 7) is 5.57. The van der Waals surface area contributed by atoms with Gasteiger partial charge in [0.25, 0.3) is 0 Å². The van der Waals surface area contributed by atoms with Crippen LogP contribution in [0, 0.1) is 19.8 Å². The standard InChI is InChI=1S/C22H30N4O3/c1-15-20(16(2)24-23-15)10-11-25(3)22(28)18-8-9-21(27)26(14-18)13-17-6-5-7-19(12-17)29-4/h5-7,12,18H,8-11,13-14H2,1-4H3,(H,23,24). The Hall–Kier alpha value is -2.83. The molecule has 1 aliphatic heterocycles. The van der Waals surface area contributed by atoms with Gasteiger partial charge in [-0.1, -0.05) is 12.1 Å². The first-order chi connectivity index (χ1) is 13.9. The van der Waals surface area contributed by atoms with E-state index in [0.717, 1.165) is 29.1 Å². The van der Waals surface area contributed by atoms with Crippen LogP contribution in [0.15, 0.2) is 24.3 Å². The third-order valence-electron chi connectivity index (χ3n) is 5.71. The third-order valence-corrected chi connectivity index (χ3v) is 5.71. The lowest BCUT2D eigenvalue weighted by molar-refractivity contribution is -0.142. The number of H-pyrrole nitrogens is 1. The number of nitrogens with zero attached hydrogens (tertiary/aromatic N) is 3. The van der Waals surface area contributed by atoms with E-state index < -0.39 is 0 Å². The van der Waals surface area contributed by atoms with Gasteiger partial charge in [-0.15, -0.1) is 0 Å². The lowest BCUT2D eigenvalue weighted by atomic mass is 9.95. The summed E-state index contributed by atoms with van der Waals surface area (Å²) in [6.07, 6.45) is 1.80. The molecule has 1 N–H and O–H groups in total. The molecule has 3 rings (SSSR count). The Balaban J connectivity index is 1.59. The fourth-order valence-electron chi connectivity index (χ4n) is 3.90. The number of amides is 2. The van der Waals surface area contributed by atoms with Gasteiger partial charge in [0.05, 0.1) is 18.7 Å². The van der Waals surface area contributed by atoms with Crippen LogP contribution < -0.4 is 4.74 Å². The maximum absolute atomic E-state index is 13.0. The van der Waals surface area contributed by atoms with E-state index in [1.54, 1.807) is 16.9 Å². The summed E-state index contributed by atoms with van der Waals surface area (Å²) in [6, 6.07) is 7.70. The van der Waals surface area contributed by atoms with Crippen LogP contribution >= 0.6 is 0 Å².